The van der Waals surface area contributed by atoms with Crippen LogP contribution in [-0.4, -0.2) is 53.0 Å². The molecule has 9 nitrogen and oxygen atoms in total. The predicted molar refractivity (Wildman–Crippen MR) is 157 cm³/mol. The van der Waals surface area contributed by atoms with E-state index in [1.54, 1.807) is 42.1 Å². The Bertz CT molecular complexity index is 1520. The van der Waals surface area contributed by atoms with Crippen LogP contribution in [0.1, 0.15) is 48.5 Å². The maximum atomic E-state index is 12.9. The van der Waals surface area contributed by atoms with Crippen molar-refractivity contribution in [2.45, 2.75) is 38.7 Å². The molecule has 4 aromatic rings. The Kier molecular flexibility index (Phi) is 7.73. The van der Waals surface area contributed by atoms with Crippen LogP contribution in [0, 0.1) is 0 Å². The fraction of sp³-hybridized carbons (Fsp3) is 0.345. The first-order valence-electron chi connectivity index (χ1n) is 13.3. The van der Waals surface area contributed by atoms with E-state index >= 15 is 0 Å². The van der Waals surface area contributed by atoms with Crippen molar-refractivity contribution in [2.24, 2.45) is 0 Å². The van der Waals surface area contributed by atoms with Gasteiger partial charge in [0.05, 0.1) is 6.20 Å². The Labute approximate surface area is 228 Å². The first-order valence-corrected chi connectivity index (χ1v) is 15.9. The van der Waals surface area contributed by atoms with E-state index in [2.05, 4.69) is 34.9 Å². The molecule has 1 saturated heterocycles. The highest BCUT2D eigenvalue weighted by Gasteiger charge is 2.19. The zero-order valence-corrected chi connectivity index (χ0v) is 23.7. The third-order valence-corrected chi connectivity index (χ3v) is 8.32. The van der Waals surface area contributed by atoms with Crippen LogP contribution in [0.25, 0.3) is 5.65 Å². The molecule has 3 N–H and O–H groups in total. The van der Waals surface area contributed by atoms with Gasteiger partial charge >= 0.3 is 0 Å². The maximum absolute atomic E-state index is 12.9. The number of rotatable bonds is 8. The first kappa shape index (κ1) is 26.9. The third kappa shape index (κ3) is 6.32. The van der Waals surface area contributed by atoms with Gasteiger partial charge in [-0.25, -0.2) is 0 Å². The number of amides is 1. The number of carbonyl (C=O) groups is 1. The molecule has 5 rings (SSSR count). The molecule has 3 heterocycles. The van der Waals surface area contributed by atoms with Gasteiger partial charge in [0.2, 0.25) is 5.88 Å². The van der Waals surface area contributed by atoms with Gasteiger partial charge in [-0.1, -0.05) is 32.0 Å². The lowest BCUT2D eigenvalue weighted by Gasteiger charge is -2.23. The normalized spacial score (nSPS) is 15.9. The molecule has 39 heavy (non-hydrogen) atoms. The number of carbonyl (C=O) groups excluding carboxylic acids is 1. The minimum Gasteiger partial charge on any atom is -0.473 e. The summed E-state index contributed by atoms with van der Waals surface area (Å²) in [6, 6.07) is 16.3. The van der Waals surface area contributed by atoms with Gasteiger partial charge in [0.1, 0.15) is 19.1 Å². The van der Waals surface area contributed by atoms with E-state index in [4.69, 9.17) is 9.72 Å². The molecule has 1 aliphatic heterocycles. The van der Waals surface area contributed by atoms with Gasteiger partial charge in [-0.15, -0.1) is 0 Å². The number of piperidine rings is 1. The first-order chi connectivity index (χ1) is 18.7. The van der Waals surface area contributed by atoms with Crippen molar-refractivity contribution in [3.05, 3.63) is 71.9 Å². The number of hydrogen-bond donors (Lipinski definition) is 3. The van der Waals surface area contributed by atoms with Crippen molar-refractivity contribution in [2.75, 3.05) is 37.1 Å². The fourth-order valence-corrected chi connectivity index (χ4v) is 5.47. The average Bonchev–Trinajstić information content (AvgIpc) is 3.34. The third-order valence-electron chi connectivity index (χ3n) is 6.78. The summed E-state index contributed by atoms with van der Waals surface area (Å²) in [5, 5.41) is 15.1. The number of aromatic nitrogens is 3. The smallest absolute Gasteiger partial charge is 0.255 e. The van der Waals surface area contributed by atoms with Gasteiger partial charge in [-0.2, -0.15) is 14.6 Å². The van der Waals surface area contributed by atoms with Crippen molar-refractivity contribution in [3.63, 3.8) is 0 Å². The minimum absolute atomic E-state index is 0.0705. The number of nitrogens with one attached hydrogen (secondary N) is 3. The number of ether oxygens (including phenoxy) is 1. The van der Waals surface area contributed by atoms with Gasteiger partial charge < -0.3 is 25.3 Å². The Hall–Kier alpha value is -3.68. The molecule has 0 spiro atoms. The van der Waals surface area contributed by atoms with Crippen LogP contribution < -0.4 is 26.0 Å². The molecule has 0 radical (unpaired) electrons. The van der Waals surface area contributed by atoms with Crippen LogP contribution in [0.5, 0.6) is 5.88 Å². The zero-order chi connectivity index (χ0) is 27.6. The minimum atomic E-state index is -2.37. The van der Waals surface area contributed by atoms with Crippen LogP contribution in [0.4, 0.5) is 17.2 Å². The van der Waals surface area contributed by atoms with E-state index in [1.807, 2.05) is 36.5 Å². The van der Waals surface area contributed by atoms with Gasteiger partial charge in [0, 0.05) is 40.4 Å². The van der Waals surface area contributed by atoms with Gasteiger partial charge in [-0.05, 0) is 69.0 Å². The van der Waals surface area contributed by atoms with Crippen molar-refractivity contribution in [1.29, 1.82) is 0 Å². The molecule has 204 valence electrons. The molecule has 1 aliphatic rings. The van der Waals surface area contributed by atoms with E-state index in [1.165, 1.54) is 0 Å². The highest BCUT2D eigenvalue weighted by atomic mass is 31.2. The second kappa shape index (κ2) is 11.2. The van der Waals surface area contributed by atoms with E-state index in [0.29, 0.717) is 22.9 Å². The summed E-state index contributed by atoms with van der Waals surface area (Å²) in [7, 11) is -2.37. The highest BCUT2D eigenvalue weighted by molar-refractivity contribution is 7.70. The number of nitrogens with zero attached hydrogens (tertiary/aromatic N) is 3. The molecule has 1 unspecified atom stereocenters. The van der Waals surface area contributed by atoms with E-state index < -0.39 is 7.14 Å². The number of hydrogen-bond acceptors (Lipinski definition) is 7. The molecular weight excluding hydrogens is 511 g/mol. The van der Waals surface area contributed by atoms with Gasteiger partial charge in [-0.3, -0.25) is 4.79 Å². The van der Waals surface area contributed by atoms with Gasteiger partial charge in [0.25, 0.3) is 5.91 Å². The Balaban J connectivity index is 1.38. The summed E-state index contributed by atoms with van der Waals surface area (Å²) in [4.78, 5) is 17.7. The summed E-state index contributed by atoms with van der Waals surface area (Å²) >= 11 is 0. The molecule has 2 aromatic carbocycles. The number of fused-ring (bicyclic) bond motifs is 1. The SMILES string of the molecule is CC(C)c1cnn2c(Nc3cccc(NC(=O)c4ccc(P(C)(C)=O)cc4)c3)cc(OC3CCCNC3)nc12. The molecule has 0 bridgehead atoms. The predicted octanol–water partition coefficient (Wildman–Crippen LogP) is 5.23. The van der Waals surface area contributed by atoms with Crippen LogP contribution in [0.3, 0.4) is 0 Å². The average molecular weight is 547 g/mol. The molecule has 1 atom stereocenters. The molecule has 0 saturated carbocycles. The Morgan fingerprint density at radius 2 is 1.90 bits per heavy atom. The fourth-order valence-electron chi connectivity index (χ4n) is 4.60. The molecule has 10 heteroatoms. The molecular formula is C29H35N6O3P. The quantitative estimate of drug-likeness (QED) is 0.260. The van der Waals surface area contributed by atoms with Crippen LogP contribution in [0.2, 0.25) is 0 Å². The maximum Gasteiger partial charge on any atom is 0.255 e. The lowest BCUT2D eigenvalue weighted by Crippen LogP contribution is -2.37. The monoisotopic (exact) mass is 546 g/mol. The highest BCUT2D eigenvalue weighted by Crippen LogP contribution is 2.34. The van der Waals surface area contributed by atoms with Crippen molar-refractivity contribution in [3.8, 4) is 5.88 Å². The second-order valence-electron chi connectivity index (χ2n) is 10.6. The largest absolute Gasteiger partial charge is 0.473 e. The van der Waals surface area contributed by atoms with Crippen molar-refractivity contribution >= 4 is 41.2 Å². The van der Waals surface area contributed by atoms with E-state index in [9.17, 15) is 9.36 Å². The summed E-state index contributed by atoms with van der Waals surface area (Å²) in [5.41, 5.74) is 3.72. The standard InChI is InChI=1S/C29H35N6O3P/c1-19(2)25-18-31-35-26(16-27(34-28(25)35)38-23-9-6-14-30-17-23)32-21-7-5-8-22(15-21)33-29(36)20-10-12-24(13-11-20)39(3,4)37/h5,7-8,10-13,15-16,18-19,23,30,32H,6,9,14,17H2,1-4H3,(H,33,36). The van der Waals surface area contributed by atoms with E-state index in [-0.39, 0.29) is 17.9 Å². The summed E-state index contributed by atoms with van der Waals surface area (Å²) in [6.07, 6.45) is 3.98. The summed E-state index contributed by atoms with van der Waals surface area (Å²) < 4.78 is 20.3. The number of anilines is 3. The molecule has 0 aliphatic carbocycles. The number of benzene rings is 2. The lowest BCUT2D eigenvalue weighted by molar-refractivity contribution is 0.102. The van der Waals surface area contributed by atoms with Crippen molar-refractivity contribution < 1.29 is 14.1 Å². The van der Waals surface area contributed by atoms with E-state index in [0.717, 1.165) is 48.1 Å². The van der Waals surface area contributed by atoms with Crippen LogP contribution >= 0.6 is 7.14 Å². The summed E-state index contributed by atoms with van der Waals surface area (Å²) in [5.74, 6) is 1.28. The Morgan fingerprint density at radius 3 is 2.59 bits per heavy atom. The molecule has 1 amide bonds. The second-order valence-corrected chi connectivity index (χ2v) is 13.8. The van der Waals surface area contributed by atoms with Crippen molar-refractivity contribution in [1.82, 2.24) is 19.9 Å². The molecule has 1 fully saturated rings. The Morgan fingerprint density at radius 1 is 1.13 bits per heavy atom. The van der Waals surface area contributed by atoms with Crippen LogP contribution in [0.15, 0.2) is 60.8 Å². The van der Waals surface area contributed by atoms with Crippen LogP contribution in [-0.2, 0) is 4.57 Å². The molecule has 2 aromatic heterocycles. The lowest BCUT2D eigenvalue weighted by atomic mass is 10.1. The topological polar surface area (TPSA) is 110 Å². The zero-order valence-electron chi connectivity index (χ0n) is 22.8. The van der Waals surface area contributed by atoms with Gasteiger partial charge in [0.15, 0.2) is 5.65 Å². The summed E-state index contributed by atoms with van der Waals surface area (Å²) in [6.45, 7) is 9.47.